The molecule has 5 rings (SSSR count). The fraction of sp³-hybridized carbons (Fsp3) is 0.269. The molecule has 1 fully saturated rings. The number of nitrogens with one attached hydrogen (secondary N) is 1. The maximum atomic E-state index is 13.7. The van der Waals surface area contributed by atoms with Crippen LogP contribution in [-0.2, 0) is 15.1 Å². The van der Waals surface area contributed by atoms with Crippen molar-refractivity contribution in [3.05, 3.63) is 75.6 Å². The molecule has 2 aromatic carbocycles. The molecule has 0 radical (unpaired) electrons. The molecule has 2 heterocycles. The number of nitrogens with two attached hydrogens (primary N) is 3. The van der Waals surface area contributed by atoms with Gasteiger partial charge < -0.3 is 27.4 Å². The number of piperidine rings is 1. The van der Waals surface area contributed by atoms with Crippen molar-refractivity contribution in [3.63, 3.8) is 0 Å². The number of thiophene rings is 1. The smallest absolute Gasteiger partial charge is 0.262 e. The Bertz CT molecular complexity index is 1420. The molecule has 3 unspecified atom stereocenters. The number of halogens is 1. The van der Waals surface area contributed by atoms with Gasteiger partial charge in [0, 0.05) is 40.8 Å². The van der Waals surface area contributed by atoms with Crippen LogP contribution in [0.2, 0.25) is 5.02 Å². The van der Waals surface area contributed by atoms with Gasteiger partial charge in [0.1, 0.15) is 5.54 Å². The lowest BCUT2D eigenvalue weighted by molar-refractivity contribution is -0.127. The Labute approximate surface area is 217 Å². The van der Waals surface area contributed by atoms with Crippen molar-refractivity contribution in [2.24, 2.45) is 11.5 Å². The molecule has 1 aromatic heterocycles. The highest BCUT2D eigenvalue weighted by molar-refractivity contribution is 7.21. The lowest BCUT2D eigenvalue weighted by atomic mass is 9.70. The molecule has 186 valence electrons. The number of Topliss-reactive ketones (excluding diaryl/α,β-unsaturated/α-hetero) is 1. The third kappa shape index (κ3) is 3.70. The number of anilines is 1. The first-order valence-electron chi connectivity index (χ1n) is 11.6. The molecule has 0 spiro atoms. The molecule has 0 bridgehead atoms. The molecule has 1 aliphatic heterocycles. The van der Waals surface area contributed by atoms with Crippen molar-refractivity contribution < 1.29 is 14.4 Å². The van der Waals surface area contributed by atoms with Crippen molar-refractivity contribution in [2.75, 3.05) is 18.8 Å². The van der Waals surface area contributed by atoms with Crippen LogP contribution in [0.25, 0.3) is 10.1 Å². The van der Waals surface area contributed by atoms with Gasteiger partial charge in [-0.25, -0.2) is 0 Å². The third-order valence-electron chi connectivity index (χ3n) is 7.06. The summed E-state index contributed by atoms with van der Waals surface area (Å²) in [5.41, 5.74) is 20.1. The number of rotatable bonds is 4. The Morgan fingerprint density at radius 2 is 1.94 bits per heavy atom. The first kappa shape index (κ1) is 24.5. The van der Waals surface area contributed by atoms with E-state index >= 15 is 0 Å². The highest BCUT2D eigenvalue weighted by atomic mass is 35.5. The van der Waals surface area contributed by atoms with Crippen LogP contribution < -0.4 is 22.5 Å². The Morgan fingerprint density at radius 1 is 1.22 bits per heavy atom. The standard InChI is InChI=1S/C26H26ClN5O3S/c1-2-18(33)32-11-3-4-15(12-32)31-25(35)23-20-19-16(9-10-17(28)22(19)36-23)26(30,24(34)21(20)29)13-5-7-14(27)8-6-13/h2,5-10,15,21H,1,3-4,11-12,28-30H2,(H,31,35). The van der Waals surface area contributed by atoms with Gasteiger partial charge in [-0.15, -0.1) is 11.3 Å². The van der Waals surface area contributed by atoms with Gasteiger partial charge in [-0.2, -0.15) is 0 Å². The lowest BCUT2D eigenvalue weighted by Gasteiger charge is -2.36. The second kappa shape index (κ2) is 9.01. The largest absolute Gasteiger partial charge is 0.398 e. The monoisotopic (exact) mass is 523 g/mol. The van der Waals surface area contributed by atoms with Crippen LogP contribution in [0.1, 0.15) is 45.2 Å². The first-order valence-corrected chi connectivity index (χ1v) is 12.8. The zero-order valence-electron chi connectivity index (χ0n) is 19.4. The van der Waals surface area contributed by atoms with E-state index in [1.165, 1.54) is 17.4 Å². The number of likely N-dealkylation sites (tertiary alicyclic amines) is 1. The lowest BCUT2D eigenvalue weighted by Crippen LogP contribution is -2.53. The van der Waals surface area contributed by atoms with Gasteiger partial charge in [0.05, 0.1) is 15.6 Å². The van der Waals surface area contributed by atoms with Crippen LogP contribution in [0.15, 0.2) is 49.1 Å². The number of benzene rings is 2. The van der Waals surface area contributed by atoms with E-state index in [4.69, 9.17) is 28.8 Å². The van der Waals surface area contributed by atoms with Crippen molar-refractivity contribution in [2.45, 2.75) is 30.5 Å². The summed E-state index contributed by atoms with van der Waals surface area (Å²) < 4.78 is 0.659. The molecule has 1 aliphatic carbocycles. The minimum Gasteiger partial charge on any atom is -0.398 e. The van der Waals surface area contributed by atoms with Crippen molar-refractivity contribution >= 4 is 56.3 Å². The van der Waals surface area contributed by atoms with Crippen molar-refractivity contribution in [3.8, 4) is 0 Å². The first-order chi connectivity index (χ1) is 17.2. The molecule has 0 saturated carbocycles. The number of hydrogen-bond acceptors (Lipinski definition) is 7. The van der Waals surface area contributed by atoms with E-state index in [0.717, 1.165) is 12.8 Å². The maximum Gasteiger partial charge on any atom is 0.262 e. The molecule has 8 nitrogen and oxygen atoms in total. The average molecular weight is 524 g/mol. The van der Waals surface area contributed by atoms with E-state index in [1.807, 2.05) is 0 Å². The van der Waals surface area contributed by atoms with E-state index in [1.54, 1.807) is 41.3 Å². The Kier molecular flexibility index (Phi) is 6.12. The summed E-state index contributed by atoms with van der Waals surface area (Å²) in [6.07, 6.45) is 2.76. The Balaban J connectivity index is 1.59. The molecule has 3 aromatic rings. The predicted molar refractivity (Wildman–Crippen MR) is 142 cm³/mol. The van der Waals surface area contributed by atoms with Crippen LogP contribution in [0.4, 0.5) is 5.69 Å². The van der Waals surface area contributed by atoms with Gasteiger partial charge >= 0.3 is 0 Å². The minimum atomic E-state index is -1.52. The summed E-state index contributed by atoms with van der Waals surface area (Å²) in [6.45, 7) is 4.55. The van der Waals surface area contributed by atoms with Gasteiger partial charge in [-0.3, -0.25) is 14.4 Å². The minimum absolute atomic E-state index is 0.169. The van der Waals surface area contributed by atoms with Crippen LogP contribution >= 0.6 is 22.9 Å². The third-order valence-corrected chi connectivity index (χ3v) is 8.57. The van der Waals surface area contributed by atoms with E-state index in [2.05, 4.69) is 11.9 Å². The number of ketones is 1. The second-order valence-electron chi connectivity index (χ2n) is 9.21. The zero-order chi connectivity index (χ0) is 25.8. The quantitative estimate of drug-likeness (QED) is 0.305. The highest BCUT2D eigenvalue weighted by Crippen LogP contribution is 2.49. The summed E-state index contributed by atoms with van der Waals surface area (Å²) in [5.74, 6) is -0.942. The van der Waals surface area contributed by atoms with Gasteiger partial charge in [0.25, 0.3) is 5.91 Å². The van der Waals surface area contributed by atoms with Crippen molar-refractivity contribution in [1.82, 2.24) is 10.2 Å². The zero-order valence-corrected chi connectivity index (χ0v) is 21.0. The molecular weight excluding hydrogens is 498 g/mol. The number of carbonyl (C=O) groups is 3. The van der Waals surface area contributed by atoms with E-state index in [-0.39, 0.29) is 17.9 Å². The van der Waals surface area contributed by atoms with Crippen LogP contribution in [0.5, 0.6) is 0 Å². The molecule has 10 heteroatoms. The molecular formula is C26H26ClN5O3S. The number of nitrogens with zero attached hydrogens (tertiary/aromatic N) is 1. The van der Waals surface area contributed by atoms with Gasteiger partial charge in [-0.05, 0) is 48.2 Å². The van der Waals surface area contributed by atoms with E-state index in [9.17, 15) is 14.4 Å². The number of hydrogen-bond donors (Lipinski definition) is 4. The number of carbonyl (C=O) groups excluding carboxylic acids is 3. The number of nitrogen functional groups attached to an aromatic ring is 1. The van der Waals surface area contributed by atoms with Crippen LogP contribution in [0.3, 0.4) is 0 Å². The number of amides is 2. The van der Waals surface area contributed by atoms with Crippen molar-refractivity contribution in [1.29, 1.82) is 0 Å². The molecule has 7 N–H and O–H groups in total. The van der Waals surface area contributed by atoms with E-state index < -0.39 is 17.4 Å². The fourth-order valence-corrected chi connectivity index (χ4v) is 6.56. The molecule has 2 amide bonds. The molecule has 1 saturated heterocycles. The SMILES string of the molecule is C=CC(=O)N1CCCC(NC(=O)c2sc3c(N)ccc4c3c2C(N)C(=O)C4(N)c2ccc(Cl)cc2)C1. The molecule has 3 atom stereocenters. The summed E-state index contributed by atoms with van der Waals surface area (Å²) in [4.78, 5) is 41.3. The highest BCUT2D eigenvalue weighted by Gasteiger charge is 2.48. The predicted octanol–water partition coefficient (Wildman–Crippen LogP) is 2.83. The van der Waals surface area contributed by atoms with Gasteiger partial charge in [-0.1, -0.05) is 36.4 Å². The average Bonchev–Trinajstić information content (AvgIpc) is 3.29. The van der Waals surface area contributed by atoms with Crippen LogP contribution in [0, 0.1) is 0 Å². The summed E-state index contributed by atoms with van der Waals surface area (Å²) in [6, 6.07) is 8.83. The summed E-state index contributed by atoms with van der Waals surface area (Å²) in [5, 5.41) is 4.18. The molecule has 36 heavy (non-hydrogen) atoms. The van der Waals surface area contributed by atoms with Crippen LogP contribution in [-0.4, -0.2) is 41.6 Å². The topological polar surface area (TPSA) is 145 Å². The van der Waals surface area contributed by atoms with Gasteiger partial charge in [0.2, 0.25) is 5.91 Å². The second-order valence-corrected chi connectivity index (χ2v) is 10.7. The Morgan fingerprint density at radius 3 is 2.64 bits per heavy atom. The summed E-state index contributed by atoms with van der Waals surface area (Å²) in [7, 11) is 0. The fourth-order valence-electron chi connectivity index (χ4n) is 5.24. The molecule has 2 aliphatic rings. The summed E-state index contributed by atoms with van der Waals surface area (Å²) >= 11 is 7.26. The van der Waals surface area contributed by atoms with Gasteiger partial charge in [0.15, 0.2) is 5.78 Å². The van der Waals surface area contributed by atoms with E-state index in [0.29, 0.717) is 55.5 Å². The maximum absolute atomic E-state index is 13.7. The Hall–Kier alpha value is -3.24. The normalized spacial score (nSPS) is 23.5.